The average molecular weight is 403 g/mol. The zero-order valence-corrected chi connectivity index (χ0v) is 14.7. The third-order valence-corrected chi connectivity index (χ3v) is 5.02. The van der Waals surface area contributed by atoms with Crippen molar-refractivity contribution < 1.29 is 35.3 Å². The molecule has 144 valence electrons. The SMILES string of the molecule is CN(C)S(=O)(=O)c1cc(-c2nc(-c3ccccc3OC(F)(F)F)no2)co1. The summed E-state index contributed by atoms with van der Waals surface area (Å²) in [6, 6.07) is 6.45. The molecule has 3 rings (SSSR count). The predicted molar refractivity (Wildman–Crippen MR) is 85.0 cm³/mol. The van der Waals surface area contributed by atoms with Gasteiger partial charge in [-0.25, -0.2) is 12.7 Å². The van der Waals surface area contributed by atoms with Crippen LogP contribution in [0.15, 0.2) is 50.6 Å². The Labute approximate surface area is 151 Å². The first kappa shape index (κ1) is 18.9. The van der Waals surface area contributed by atoms with Crippen molar-refractivity contribution in [1.82, 2.24) is 14.4 Å². The summed E-state index contributed by atoms with van der Waals surface area (Å²) in [6.45, 7) is 0. The zero-order valence-electron chi connectivity index (χ0n) is 13.9. The Morgan fingerprint density at radius 1 is 1.19 bits per heavy atom. The number of sulfonamides is 1. The lowest BCUT2D eigenvalue weighted by atomic mass is 10.2. The van der Waals surface area contributed by atoms with Crippen molar-refractivity contribution in [2.45, 2.75) is 11.5 Å². The van der Waals surface area contributed by atoms with Crippen LogP contribution in [0.25, 0.3) is 22.8 Å². The summed E-state index contributed by atoms with van der Waals surface area (Å²) >= 11 is 0. The molecule has 0 saturated heterocycles. The minimum absolute atomic E-state index is 0.0468. The minimum Gasteiger partial charge on any atom is -0.451 e. The van der Waals surface area contributed by atoms with Crippen LogP contribution < -0.4 is 4.74 Å². The van der Waals surface area contributed by atoms with E-state index in [1.54, 1.807) is 0 Å². The predicted octanol–water partition coefficient (Wildman–Crippen LogP) is 3.15. The van der Waals surface area contributed by atoms with Crippen molar-refractivity contribution in [3.8, 4) is 28.6 Å². The molecule has 27 heavy (non-hydrogen) atoms. The smallest absolute Gasteiger partial charge is 0.451 e. The van der Waals surface area contributed by atoms with Crippen LogP contribution in [0.3, 0.4) is 0 Å². The molecular weight excluding hydrogens is 391 g/mol. The monoisotopic (exact) mass is 403 g/mol. The van der Waals surface area contributed by atoms with Gasteiger partial charge in [0.25, 0.3) is 15.9 Å². The fourth-order valence-electron chi connectivity index (χ4n) is 2.06. The molecule has 0 aliphatic heterocycles. The number of ether oxygens (including phenoxy) is 1. The highest BCUT2D eigenvalue weighted by Crippen LogP contribution is 2.33. The molecule has 0 bridgehead atoms. The Hall–Kier alpha value is -2.86. The van der Waals surface area contributed by atoms with Crippen molar-refractivity contribution in [2.24, 2.45) is 0 Å². The van der Waals surface area contributed by atoms with Gasteiger partial charge in [0.15, 0.2) is 0 Å². The van der Waals surface area contributed by atoms with E-state index in [9.17, 15) is 21.6 Å². The molecule has 0 unspecified atom stereocenters. The number of para-hydroxylation sites is 1. The molecule has 0 aliphatic rings. The Kier molecular flexibility index (Phi) is 4.70. The van der Waals surface area contributed by atoms with Crippen LogP contribution in [0.1, 0.15) is 0 Å². The van der Waals surface area contributed by atoms with E-state index in [1.807, 2.05) is 0 Å². The van der Waals surface area contributed by atoms with Gasteiger partial charge in [-0.1, -0.05) is 17.3 Å². The maximum atomic E-state index is 12.5. The van der Waals surface area contributed by atoms with Gasteiger partial charge < -0.3 is 13.7 Å². The molecule has 0 radical (unpaired) electrons. The lowest BCUT2D eigenvalue weighted by molar-refractivity contribution is -0.274. The van der Waals surface area contributed by atoms with E-state index in [-0.39, 0.29) is 27.9 Å². The van der Waals surface area contributed by atoms with Gasteiger partial charge in [-0.05, 0) is 12.1 Å². The normalized spacial score (nSPS) is 12.5. The van der Waals surface area contributed by atoms with Gasteiger partial charge in [-0.3, -0.25) is 0 Å². The molecule has 0 fully saturated rings. The summed E-state index contributed by atoms with van der Waals surface area (Å²) in [5, 5.41) is 3.28. The fraction of sp³-hybridized carbons (Fsp3) is 0.200. The van der Waals surface area contributed by atoms with Gasteiger partial charge in [-0.15, -0.1) is 13.2 Å². The van der Waals surface area contributed by atoms with Gasteiger partial charge in [0.1, 0.15) is 12.0 Å². The van der Waals surface area contributed by atoms with Gasteiger partial charge in [0.05, 0.1) is 11.1 Å². The Bertz CT molecular complexity index is 1060. The molecule has 12 heteroatoms. The number of nitrogens with zero attached hydrogens (tertiary/aromatic N) is 3. The number of hydrogen-bond donors (Lipinski definition) is 0. The summed E-state index contributed by atoms with van der Waals surface area (Å²) in [7, 11) is -1.14. The number of rotatable bonds is 5. The van der Waals surface area contributed by atoms with E-state index in [1.165, 1.54) is 38.4 Å². The fourth-order valence-corrected chi connectivity index (χ4v) is 2.86. The van der Waals surface area contributed by atoms with E-state index in [4.69, 9.17) is 8.94 Å². The van der Waals surface area contributed by atoms with Crippen LogP contribution in [0, 0.1) is 0 Å². The lowest BCUT2D eigenvalue weighted by Crippen LogP contribution is -2.21. The minimum atomic E-state index is -4.89. The number of aromatic nitrogens is 2. The third kappa shape index (κ3) is 3.95. The molecule has 0 spiro atoms. The summed E-state index contributed by atoms with van der Waals surface area (Å²) < 4.78 is 76.6. The number of furan rings is 1. The number of alkyl halides is 3. The van der Waals surface area contributed by atoms with E-state index in [0.717, 1.165) is 16.6 Å². The van der Waals surface area contributed by atoms with E-state index in [0.29, 0.717) is 0 Å². The molecule has 0 aliphatic carbocycles. The molecule has 2 aromatic heterocycles. The average Bonchev–Trinajstić information content (AvgIpc) is 3.23. The van der Waals surface area contributed by atoms with Crippen LogP contribution >= 0.6 is 0 Å². The van der Waals surface area contributed by atoms with E-state index >= 15 is 0 Å². The number of halogens is 3. The van der Waals surface area contributed by atoms with Crippen LogP contribution in [0.5, 0.6) is 5.75 Å². The van der Waals surface area contributed by atoms with Crippen LogP contribution in [-0.2, 0) is 10.0 Å². The molecular formula is C15H12F3N3O5S. The largest absolute Gasteiger partial charge is 0.573 e. The van der Waals surface area contributed by atoms with Crippen molar-refractivity contribution >= 4 is 10.0 Å². The Morgan fingerprint density at radius 3 is 2.56 bits per heavy atom. The molecule has 0 N–H and O–H groups in total. The van der Waals surface area contributed by atoms with Crippen molar-refractivity contribution in [2.75, 3.05) is 14.1 Å². The molecule has 0 saturated carbocycles. The van der Waals surface area contributed by atoms with E-state index < -0.39 is 22.1 Å². The van der Waals surface area contributed by atoms with Crippen LogP contribution in [0.2, 0.25) is 0 Å². The van der Waals surface area contributed by atoms with Gasteiger partial charge in [0, 0.05) is 20.2 Å². The highest BCUT2D eigenvalue weighted by molar-refractivity contribution is 7.88. The first-order valence-corrected chi connectivity index (χ1v) is 8.72. The standard InChI is InChI=1S/C15H12F3N3O5S/c1-21(2)27(22,23)12-7-9(8-24-12)14-19-13(20-26-14)10-5-3-4-6-11(10)25-15(16,17)18/h3-8H,1-2H3. The first-order valence-electron chi connectivity index (χ1n) is 7.28. The third-order valence-electron chi connectivity index (χ3n) is 3.34. The topological polar surface area (TPSA) is 98.7 Å². The second kappa shape index (κ2) is 6.70. The van der Waals surface area contributed by atoms with Gasteiger partial charge in [0.2, 0.25) is 10.9 Å². The van der Waals surface area contributed by atoms with Crippen molar-refractivity contribution in [3.05, 3.63) is 36.6 Å². The maximum absolute atomic E-state index is 12.5. The summed E-state index contributed by atoms with van der Waals surface area (Å²) in [4.78, 5) is 3.99. The molecule has 3 aromatic rings. The van der Waals surface area contributed by atoms with E-state index in [2.05, 4.69) is 14.9 Å². The molecule has 2 heterocycles. The molecule has 1 aromatic carbocycles. The Morgan fingerprint density at radius 2 is 1.89 bits per heavy atom. The molecule has 0 atom stereocenters. The maximum Gasteiger partial charge on any atom is 0.573 e. The lowest BCUT2D eigenvalue weighted by Gasteiger charge is -2.10. The molecule has 8 nitrogen and oxygen atoms in total. The summed E-state index contributed by atoms with van der Waals surface area (Å²) in [5.41, 5.74) is 0.109. The summed E-state index contributed by atoms with van der Waals surface area (Å²) in [6.07, 6.45) is -3.80. The summed E-state index contributed by atoms with van der Waals surface area (Å²) in [5.74, 6) is -0.792. The number of benzene rings is 1. The van der Waals surface area contributed by atoms with Crippen LogP contribution in [0.4, 0.5) is 13.2 Å². The zero-order chi connectivity index (χ0) is 19.8. The first-order chi connectivity index (χ1) is 12.6. The highest BCUT2D eigenvalue weighted by atomic mass is 32.2. The molecule has 0 amide bonds. The van der Waals surface area contributed by atoms with Crippen LogP contribution in [-0.4, -0.2) is 43.3 Å². The van der Waals surface area contributed by atoms with Crippen molar-refractivity contribution in [1.29, 1.82) is 0 Å². The second-order valence-corrected chi connectivity index (χ2v) is 7.49. The van der Waals surface area contributed by atoms with Gasteiger partial charge >= 0.3 is 6.36 Å². The quantitative estimate of drug-likeness (QED) is 0.645. The second-order valence-electron chi connectivity index (χ2n) is 5.41. The van der Waals surface area contributed by atoms with Gasteiger partial charge in [-0.2, -0.15) is 4.98 Å². The number of hydrogen-bond acceptors (Lipinski definition) is 7. The van der Waals surface area contributed by atoms with Crippen molar-refractivity contribution in [3.63, 3.8) is 0 Å². The highest BCUT2D eigenvalue weighted by Gasteiger charge is 2.33. The Balaban J connectivity index is 1.94.